The van der Waals surface area contributed by atoms with Crippen molar-refractivity contribution in [1.82, 2.24) is 4.98 Å². The van der Waals surface area contributed by atoms with E-state index in [1.165, 1.54) is 12.7 Å². The Morgan fingerprint density at radius 1 is 1.53 bits per heavy atom. The van der Waals surface area contributed by atoms with E-state index in [1.54, 1.807) is 29.7 Å². The van der Waals surface area contributed by atoms with E-state index in [2.05, 4.69) is 34.1 Å². The van der Waals surface area contributed by atoms with Crippen LogP contribution >= 0.6 is 11.3 Å². The SMILES string of the molecule is COC(=O)c1cccnc1NC(C)Cc1ccsc1. The average molecular weight is 276 g/mol. The molecule has 19 heavy (non-hydrogen) atoms. The summed E-state index contributed by atoms with van der Waals surface area (Å²) < 4.78 is 4.75. The Hall–Kier alpha value is -1.88. The fraction of sp³-hybridized carbons (Fsp3) is 0.286. The second-order valence-corrected chi connectivity index (χ2v) is 5.05. The van der Waals surface area contributed by atoms with Crippen molar-refractivity contribution in [3.8, 4) is 0 Å². The molecule has 5 heteroatoms. The van der Waals surface area contributed by atoms with Crippen molar-refractivity contribution in [3.63, 3.8) is 0 Å². The van der Waals surface area contributed by atoms with Crippen molar-refractivity contribution in [3.05, 3.63) is 46.3 Å². The molecule has 2 aromatic heterocycles. The number of anilines is 1. The van der Waals surface area contributed by atoms with Crippen LogP contribution in [0.3, 0.4) is 0 Å². The van der Waals surface area contributed by atoms with Crippen LogP contribution in [-0.2, 0) is 11.2 Å². The van der Waals surface area contributed by atoms with E-state index in [1.807, 2.05) is 0 Å². The Bertz CT molecular complexity index is 540. The van der Waals surface area contributed by atoms with Crippen LogP contribution in [0.25, 0.3) is 0 Å². The van der Waals surface area contributed by atoms with E-state index in [4.69, 9.17) is 4.74 Å². The molecular formula is C14H16N2O2S. The summed E-state index contributed by atoms with van der Waals surface area (Å²) in [4.78, 5) is 15.8. The summed E-state index contributed by atoms with van der Waals surface area (Å²) in [6.07, 6.45) is 2.55. The molecule has 0 aliphatic heterocycles. The largest absolute Gasteiger partial charge is 0.465 e. The van der Waals surface area contributed by atoms with Crippen molar-refractivity contribution < 1.29 is 9.53 Å². The summed E-state index contributed by atoms with van der Waals surface area (Å²) in [6.45, 7) is 2.06. The van der Waals surface area contributed by atoms with Crippen LogP contribution < -0.4 is 5.32 Å². The molecule has 2 heterocycles. The van der Waals surface area contributed by atoms with Gasteiger partial charge in [-0.05, 0) is 47.9 Å². The molecule has 0 aliphatic rings. The van der Waals surface area contributed by atoms with Crippen LogP contribution in [0.5, 0.6) is 0 Å². The van der Waals surface area contributed by atoms with Gasteiger partial charge in [0.05, 0.1) is 7.11 Å². The van der Waals surface area contributed by atoms with Gasteiger partial charge in [-0.3, -0.25) is 0 Å². The zero-order valence-corrected chi connectivity index (χ0v) is 11.7. The lowest BCUT2D eigenvalue weighted by atomic mass is 10.1. The highest BCUT2D eigenvalue weighted by atomic mass is 32.1. The number of pyridine rings is 1. The predicted molar refractivity (Wildman–Crippen MR) is 76.7 cm³/mol. The number of carbonyl (C=O) groups excluding carboxylic acids is 1. The first kappa shape index (κ1) is 13.5. The maximum Gasteiger partial charge on any atom is 0.341 e. The third-order valence-corrected chi connectivity index (χ3v) is 3.45. The minimum Gasteiger partial charge on any atom is -0.465 e. The molecule has 0 spiro atoms. The van der Waals surface area contributed by atoms with Gasteiger partial charge in [0.15, 0.2) is 0 Å². The summed E-state index contributed by atoms with van der Waals surface area (Å²) >= 11 is 1.68. The maximum absolute atomic E-state index is 11.6. The van der Waals surface area contributed by atoms with Crippen molar-refractivity contribution in [1.29, 1.82) is 0 Å². The van der Waals surface area contributed by atoms with Crippen LogP contribution in [-0.4, -0.2) is 24.1 Å². The zero-order chi connectivity index (χ0) is 13.7. The molecular weight excluding hydrogens is 260 g/mol. The molecule has 2 rings (SSSR count). The molecule has 0 bridgehead atoms. The number of nitrogens with one attached hydrogen (secondary N) is 1. The lowest BCUT2D eigenvalue weighted by Gasteiger charge is -2.15. The van der Waals surface area contributed by atoms with E-state index in [9.17, 15) is 4.79 Å². The van der Waals surface area contributed by atoms with Gasteiger partial charge >= 0.3 is 5.97 Å². The number of methoxy groups -OCH3 is 1. The number of hydrogen-bond acceptors (Lipinski definition) is 5. The Kier molecular flexibility index (Phi) is 4.52. The van der Waals surface area contributed by atoms with Crippen molar-refractivity contribution in [2.24, 2.45) is 0 Å². The number of carbonyl (C=O) groups is 1. The molecule has 0 amide bonds. The van der Waals surface area contributed by atoms with Crippen LogP contribution in [0.15, 0.2) is 35.2 Å². The minimum atomic E-state index is -0.377. The van der Waals surface area contributed by atoms with Gasteiger partial charge < -0.3 is 10.1 Å². The van der Waals surface area contributed by atoms with Gasteiger partial charge in [-0.1, -0.05) is 0 Å². The highest BCUT2D eigenvalue weighted by Crippen LogP contribution is 2.16. The fourth-order valence-corrected chi connectivity index (χ4v) is 2.52. The molecule has 1 unspecified atom stereocenters. The molecule has 0 aliphatic carbocycles. The number of nitrogens with zero attached hydrogens (tertiary/aromatic N) is 1. The van der Waals surface area contributed by atoms with E-state index >= 15 is 0 Å². The van der Waals surface area contributed by atoms with Crippen LogP contribution in [0, 0.1) is 0 Å². The van der Waals surface area contributed by atoms with Gasteiger partial charge in [-0.2, -0.15) is 11.3 Å². The maximum atomic E-state index is 11.6. The third kappa shape index (κ3) is 3.54. The smallest absolute Gasteiger partial charge is 0.341 e. The first-order valence-electron chi connectivity index (χ1n) is 6.01. The number of rotatable bonds is 5. The molecule has 2 aromatic rings. The molecule has 4 nitrogen and oxygen atoms in total. The second-order valence-electron chi connectivity index (χ2n) is 4.27. The van der Waals surface area contributed by atoms with Crippen molar-refractivity contribution in [2.45, 2.75) is 19.4 Å². The van der Waals surface area contributed by atoms with Gasteiger partial charge in [0.2, 0.25) is 0 Å². The number of thiophene rings is 1. The fourth-order valence-electron chi connectivity index (χ4n) is 1.84. The number of ether oxygens (including phenoxy) is 1. The van der Waals surface area contributed by atoms with E-state index < -0.39 is 0 Å². The Morgan fingerprint density at radius 3 is 3.05 bits per heavy atom. The molecule has 0 fully saturated rings. The number of hydrogen-bond donors (Lipinski definition) is 1. The van der Waals surface area contributed by atoms with Crippen LogP contribution in [0.2, 0.25) is 0 Å². The Balaban J connectivity index is 2.08. The van der Waals surface area contributed by atoms with Crippen LogP contribution in [0.1, 0.15) is 22.8 Å². The summed E-state index contributed by atoms with van der Waals surface area (Å²) in [5.74, 6) is 0.190. The van der Waals surface area contributed by atoms with Gasteiger partial charge in [0.1, 0.15) is 11.4 Å². The zero-order valence-electron chi connectivity index (χ0n) is 10.9. The molecule has 0 saturated heterocycles. The van der Waals surface area contributed by atoms with Gasteiger partial charge in [-0.15, -0.1) is 0 Å². The Morgan fingerprint density at radius 2 is 2.37 bits per heavy atom. The topological polar surface area (TPSA) is 51.2 Å². The van der Waals surface area contributed by atoms with Crippen molar-refractivity contribution in [2.75, 3.05) is 12.4 Å². The predicted octanol–water partition coefficient (Wildman–Crippen LogP) is 2.97. The lowest BCUT2D eigenvalue weighted by Crippen LogP contribution is -2.20. The monoisotopic (exact) mass is 276 g/mol. The molecule has 0 aromatic carbocycles. The van der Waals surface area contributed by atoms with Gasteiger partial charge in [-0.25, -0.2) is 9.78 Å². The van der Waals surface area contributed by atoms with Crippen LogP contribution in [0.4, 0.5) is 5.82 Å². The summed E-state index contributed by atoms with van der Waals surface area (Å²) in [5, 5.41) is 7.44. The van der Waals surface area contributed by atoms with Crippen molar-refractivity contribution >= 4 is 23.1 Å². The quantitative estimate of drug-likeness (QED) is 0.853. The number of esters is 1. The molecule has 0 radical (unpaired) electrons. The first-order valence-corrected chi connectivity index (χ1v) is 6.96. The van der Waals surface area contributed by atoms with E-state index in [-0.39, 0.29) is 12.0 Å². The average Bonchev–Trinajstić information content (AvgIpc) is 2.91. The van der Waals surface area contributed by atoms with Gasteiger partial charge in [0, 0.05) is 12.2 Å². The van der Waals surface area contributed by atoms with Gasteiger partial charge in [0.25, 0.3) is 0 Å². The minimum absolute atomic E-state index is 0.188. The standard InChI is InChI=1S/C14H16N2O2S/c1-10(8-11-5-7-19-9-11)16-13-12(14(17)18-2)4-3-6-15-13/h3-7,9-10H,8H2,1-2H3,(H,15,16). The lowest BCUT2D eigenvalue weighted by molar-refractivity contribution is 0.0601. The third-order valence-electron chi connectivity index (χ3n) is 2.72. The Labute approximate surface area is 116 Å². The van der Waals surface area contributed by atoms with E-state index in [0.29, 0.717) is 11.4 Å². The molecule has 100 valence electrons. The molecule has 1 N–H and O–H groups in total. The highest BCUT2D eigenvalue weighted by Gasteiger charge is 2.14. The number of aromatic nitrogens is 1. The summed E-state index contributed by atoms with van der Waals surface area (Å²) in [7, 11) is 1.37. The second kappa shape index (κ2) is 6.33. The molecule has 1 atom stereocenters. The van der Waals surface area contributed by atoms with E-state index in [0.717, 1.165) is 6.42 Å². The highest BCUT2D eigenvalue weighted by molar-refractivity contribution is 7.07. The normalized spacial score (nSPS) is 11.9. The first-order chi connectivity index (χ1) is 9.20. The summed E-state index contributed by atoms with van der Waals surface area (Å²) in [5.41, 5.74) is 1.74. The molecule has 0 saturated carbocycles. The summed E-state index contributed by atoms with van der Waals surface area (Å²) in [6, 6.07) is 5.72.